The molecule has 0 unspecified atom stereocenters. The van der Waals surface area contributed by atoms with Crippen molar-refractivity contribution in [2.75, 3.05) is 5.32 Å². The molecule has 0 saturated heterocycles. The molecule has 3 aromatic heterocycles. The molecule has 1 aromatic carbocycles. The number of aromatic nitrogens is 5. The second kappa shape index (κ2) is 6.17. The van der Waals surface area contributed by atoms with Crippen molar-refractivity contribution in [1.82, 2.24) is 24.8 Å². The van der Waals surface area contributed by atoms with Gasteiger partial charge in [-0.25, -0.2) is 4.52 Å². The molecular weight excluding hydrogens is 344 g/mol. The van der Waals surface area contributed by atoms with E-state index in [-0.39, 0.29) is 0 Å². The summed E-state index contributed by atoms with van der Waals surface area (Å²) in [6.07, 6.45) is 4.93. The van der Waals surface area contributed by atoms with Gasteiger partial charge in [0.05, 0.1) is 11.4 Å². The molecule has 1 aliphatic carbocycles. The normalized spacial score (nSPS) is 13.7. The molecule has 5 rings (SSSR count). The highest BCUT2D eigenvalue weighted by atomic mass is 32.1. The largest absolute Gasteiger partial charge is 0.306 e. The van der Waals surface area contributed by atoms with Crippen molar-refractivity contribution in [2.24, 2.45) is 0 Å². The van der Waals surface area contributed by atoms with Gasteiger partial charge in [0.2, 0.25) is 10.9 Å². The lowest BCUT2D eigenvalue weighted by molar-refractivity contribution is 0.686. The van der Waals surface area contributed by atoms with Gasteiger partial charge in [-0.05, 0) is 61.9 Å². The molecule has 1 aliphatic rings. The van der Waals surface area contributed by atoms with E-state index in [1.165, 1.54) is 36.8 Å². The van der Waals surface area contributed by atoms with Crippen LogP contribution in [-0.2, 0) is 12.8 Å². The van der Waals surface area contributed by atoms with E-state index in [9.17, 15) is 0 Å². The monoisotopic (exact) mass is 362 g/mol. The quantitative estimate of drug-likeness (QED) is 0.592. The highest BCUT2D eigenvalue weighted by molar-refractivity contribution is 7.15. The zero-order valence-corrected chi connectivity index (χ0v) is 15.3. The van der Waals surface area contributed by atoms with Crippen LogP contribution in [0.3, 0.4) is 0 Å². The van der Waals surface area contributed by atoms with Gasteiger partial charge in [-0.1, -0.05) is 12.1 Å². The summed E-state index contributed by atoms with van der Waals surface area (Å²) in [6, 6.07) is 10.6. The fraction of sp³-hybridized carbons (Fsp3) is 0.263. The lowest BCUT2D eigenvalue weighted by Crippen LogP contribution is -2.03. The molecule has 7 heteroatoms. The summed E-state index contributed by atoms with van der Waals surface area (Å²) in [5.41, 5.74) is 6.02. The summed E-state index contributed by atoms with van der Waals surface area (Å²) in [5, 5.41) is 18.3. The van der Waals surface area contributed by atoms with Crippen molar-refractivity contribution < 1.29 is 0 Å². The number of aryl methyl sites for hydroxylation is 3. The number of rotatable bonds is 3. The molecule has 4 aromatic rings. The van der Waals surface area contributed by atoms with E-state index in [1.807, 2.05) is 29.0 Å². The summed E-state index contributed by atoms with van der Waals surface area (Å²) in [5.74, 6) is 1.18. The molecule has 0 fully saturated rings. The molecule has 0 atom stereocenters. The molecule has 0 aliphatic heterocycles. The Balaban J connectivity index is 1.38. The van der Waals surface area contributed by atoms with Crippen molar-refractivity contribution in [2.45, 2.75) is 32.6 Å². The Kier molecular flexibility index (Phi) is 3.67. The smallest absolute Gasteiger partial charge is 0.249 e. The molecule has 0 saturated carbocycles. The summed E-state index contributed by atoms with van der Waals surface area (Å²) in [7, 11) is 0. The third-order valence-electron chi connectivity index (χ3n) is 4.80. The van der Waals surface area contributed by atoms with E-state index in [2.05, 4.69) is 43.8 Å². The zero-order chi connectivity index (χ0) is 17.5. The van der Waals surface area contributed by atoms with Gasteiger partial charge in [-0.15, -0.1) is 26.6 Å². The van der Waals surface area contributed by atoms with Crippen LogP contribution in [0.15, 0.2) is 35.7 Å². The molecule has 130 valence electrons. The molecule has 0 bridgehead atoms. The van der Waals surface area contributed by atoms with Crippen LogP contribution < -0.4 is 5.32 Å². The minimum atomic E-state index is 0.538. The number of hydrogen-bond donors (Lipinski definition) is 1. The first kappa shape index (κ1) is 15.5. The topological polar surface area (TPSA) is 68.0 Å². The summed E-state index contributed by atoms with van der Waals surface area (Å²) in [4.78, 5) is 5.31. The van der Waals surface area contributed by atoms with Crippen molar-refractivity contribution in [3.8, 4) is 11.3 Å². The molecule has 6 nitrogen and oxygen atoms in total. The van der Waals surface area contributed by atoms with Crippen LogP contribution in [0.5, 0.6) is 0 Å². The SMILES string of the molecule is Cc1csc2nc(Nc3ccc(-c4ccc5c(c4)CCCC5)nn3)nn12. The summed E-state index contributed by atoms with van der Waals surface area (Å²) < 4.78 is 1.82. The first-order valence-electron chi connectivity index (χ1n) is 8.80. The van der Waals surface area contributed by atoms with Crippen LogP contribution >= 0.6 is 11.3 Å². The second-order valence-corrected chi connectivity index (χ2v) is 7.46. The predicted molar refractivity (Wildman–Crippen MR) is 103 cm³/mol. The van der Waals surface area contributed by atoms with E-state index in [0.717, 1.165) is 21.9 Å². The number of fused-ring (bicyclic) bond motifs is 2. The van der Waals surface area contributed by atoms with Crippen LogP contribution in [0.4, 0.5) is 11.8 Å². The summed E-state index contributed by atoms with van der Waals surface area (Å²) >= 11 is 1.57. The first-order chi connectivity index (χ1) is 12.8. The Morgan fingerprint density at radius 3 is 2.73 bits per heavy atom. The standard InChI is InChI=1S/C19H18N6S/c1-12-11-26-19-21-18(24-25(12)19)20-17-9-8-16(22-23-17)15-7-6-13-4-2-3-5-14(13)10-15/h6-11H,2-5H2,1H3,(H,20,23,24). The highest BCUT2D eigenvalue weighted by Gasteiger charge is 2.12. The molecular formula is C19H18N6S. The van der Waals surface area contributed by atoms with Gasteiger partial charge in [0.25, 0.3) is 0 Å². The second-order valence-electron chi connectivity index (χ2n) is 6.63. The maximum atomic E-state index is 4.45. The maximum absolute atomic E-state index is 4.45. The van der Waals surface area contributed by atoms with Crippen LogP contribution in [-0.4, -0.2) is 24.8 Å². The lowest BCUT2D eigenvalue weighted by atomic mass is 9.90. The average Bonchev–Trinajstić information content (AvgIpc) is 3.23. The first-order valence-corrected chi connectivity index (χ1v) is 9.68. The maximum Gasteiger partial charge on any atom is 0.249 e. The number of hydrogen-bond acceptors (Lipinski definition) is 6. The van der Waals surface area contributed by atoms with Crippen LogP contribution in [0.25, 0.3) is 16.2 Å². The number of benzene rings is 1. The van der Waals surface area contributed by atoms with Gasteiger partial charge >= 0.3 is 0 Å². The number of thiazole rings is 1. The van der Waals surface area contributed by atoms with Gasteiger partial charge in [-0.3, -0.25) is 0 Å². The minimum absolute atomic E-state index is 0.538. The third-order valence-corrected chi connectivity index (χ3v) is 5.73. The Labute approximate surface area is 154 Å². The van der Waals surface area contributed by atoms with Crippen molar-refractivity contribution >= 4 is 28.1 Å². The van der Waals surface area contributed by atoms with E-state index in [4.69, 9.17) is 0 Å². The van der Waals surface area contributed by atoms with Crippen LogP contribution in [0.1, 0.15) is 29.7 Å². The molecule has 0 amide bonds. The van der Waals surface area contributed by atoms with Crippen LogP contribution in [0.2, 0.25) is 0 Å². The van der Waals surface area contributed by atoms with E-state index >= 15 is 0 Å². The average molecular weight is 362 g/mol. The van der Waals surface area contributed by atoms with Gasteiger partial charge in [0.15, 0.2) is 5.82 Å². The van der Waals surface area contributed by atoms with E-state index in [0.29, 0.717) is 11.8 Å². The number of nitrogens with one attached hydrogen (secondary N) is 1. The van der Waals surface area contributed by atoms with E-state index in [1.54, 1.807) is 11.3 Å². The number of nitrogens with zero attached hydrogens (tertiary/aromatic N) is 5. The number of anilines is 2. The fourth-order valence-electron chi connectivity index (χ4n) is 3.40. The van der Waals surface area contributed by atoms with Gasteiger partial charge in [0.1, 0.15) is 0 Å². The molecule has 1 N–H and O–H groups in total. The Hall–Kier alpha value is -2.80. The predicted octanol–water partition coefficient (Wildman–Crippen LogP) is 4.18. The van der Waals surface area contributed by atoms with Crippen LogP contribution in [0, 0.1) is 6.92 Å². The summed E-state index contributed by atoms with van der Waals surface area (Å²) in [6.45, 7) is 2.01. The van der Waals surface area contributed by atoms with Crippen molar-refractivity contribution in [3.05, 3.63) is 52.5 Å². The zero-order valence-electron chi connectivity index (χ0n) is 14.4. The minimum Gasteiger partial charge on any atom is -0.306 e. The van der Waals surface area contributed by atoms with Crippen molar-refractivity contribution in [1.29, 1.82) is 0 Å². The van der Waals surface area contributed by atoms with Gasteiger partial charge in [0, 0.05) is 10.9 Å². The van der Waals surface area contributed by atoms with Gasteiger partial charge in [-0.2, -0.15) is 4.98 Å². The van der Waals surface area contributed by atoms with Crippen molar-refractivity contribution in [3.63, 3.8) is 0 Å². The Bertz CT molecular complexity index is 1080. The highest BCUT2D eigenvalue weighted by Crippen LogP contribution is 2.27. The molecule has 0 spiro atoms. The Morgan fingerprint density at radius 1 is 1.04 bits per heavy atom. The fourth-order valence-corrected chi connectivity index (χ4v) is 4.20. The van der Waals surface area contributed by atoms with Gasteiger partial charge < -0.3 is 5.32 Å². The third kappa shape index (κ3) is 2.74. The lowest BCUT2D eigenvalue weighted by Gasteiger charge is -2.16. The van der Waals surface area contributed by atoms with E-state index < -0.39 is 0 Å². The molecule has 3 heterocycles. The molecule has 26 heavy (non-hydrogen) atoms. The Morgan fingerprint density at radius 2 is 1.92 bits per heavy atom. The molecule has 0 radical (unpaired) electrons.